The predicted octanol–water partition coefficient (Wildman–Crippen LogP) is 3.35. The van der Waals surface area contributed by atoms with Crippen LogP contribution in [0, 0.1) is 11.8 Å². The Labute approximate surface area is 152 Å². The summed E-state index contributed by atoms with van der Waals surface area (Å²) < 4.78 is 10.3. The summed E-state index contributed by atoms with van der Waals surface area (Å²) in [4.78, 5) is 24.7. The largest absolute Gasteiger partial charge is 0.497 e. The topological polar surface area (TPSA) is 80.6 Å². The van der Waals surface area contributed by atoms with Crippen molar-refractivity contribution in [2.24, 2.45) is 11.8 Å². The van der Waals surface area contributed by atoms with Crippen LogP contribution in [0.4, 0.5) is 5.69 Å². The van der Waals surface area contributed by atoms with Crippen molar-refractivity contribution in [3.05, 3.63) is 48.4 Å². The standard InChI is InChI=1S/C20H24N2O4/c1-25-17-10-8-16(9-11-17)22-20(24)15-6-4-14(5-7-15)19(23)21-13-18-3-2-12-26-18/h2-3,8-12,14-15H,4-7,13H2,1H3,(H,21,23)(H,22,24). The smallest absolute Gasteiger partial charge is 0.227 e. The fourth-order valence-corrected chi connectivity index (χ4v) is 3.27. The third-order valence-corrected chi connectivity index (χ3v) is 4.84. The second-order valence-electron chi connectivity index (χ2n) is 6.56. The molecule has 6 nitrogen and oxygen atoms in total. The number of furan rings is 1. The van der Waals surface area contributed by atoms with E-state index in [0.29, 0.717) is 6.54 Å². The van der Waals surface area contributed by atoms with Gasteiger partial charge in [0.1, 0.15) is 11.5 Å². The number of amides is 2. The molecule has 1 aromatic carbocycles. The van der Waals surface area contributed by atoms with E-state index in [9.17, 15) is 9.59 Å². The van der Waals surface area contributed by atoms with Gasteiger partial charge in [0.25, 0.3) is 0 Å². The minimum absolute atomic E-state index is 0.0182. The molecule has 0 aliphatic heterocycles. The van der Waals surface area contributed by atoms with Gasteiger partial charge in [0.2, 0.25) is 11.8 Å². The fourth-order valence-electron chi connectivity index (χ4n) is 3.27. The number of carbonyl (C=O) groups is 2. The van der Waals surface area contributed by atoms with Crippen molar-refractivity contribution < 1.29 is 18.7 Å². The van der Waals surface area contributed by atoms with Crippen LogP contribution < -0.4 is 15.4 Å². The molecular formula is C20H24N2O4. The molecule has 2 aromatic rings. The van der Waals surface area contributed by atoms with E-state index in [1.54, 1.807) is 19.4 Å². The Balaban J connectivity index is 1.43. The first-order valence-electron chi connectivity index (χ1n) is 8.90. The Bertz CT molecular complexity index is 717. The molecule has 1 saturated carbocycles. The SMILES string of the molecule is COc1ccc(NC(=O)C2CCC(C(=O)NCc3ccco3)CC2)cc1. The van der Waals surface area contributed by atoms with Crippen molar-refractivity contribution in [1.82, 2.24) is 5.32 Å². The summed E-state index contributed by atoms with van der Waals surface area (Å²) in [5, 5.41) is 5.85. The zero-order chi connectivity index (χ0) is 18.4. The second-order valence-corrected chi connectivity index (χ2v) is 6.56. The fraction of sp³-hybridized carbons (Fsp3) is 0.400. The van der Waals surface area contributed by atoms with Crippen molar-refractivity contribution in [2.75, 3.05) is 12.4 Å². The monoisotopic (exact) mass is 356 g/mol. The van der Waals surface area contributed by atoms with Gasteiger partial charge in [-0.3, -0.25) is 9.59 Å². The van der Waals surface area contributed by atoms with E-state index in [0.717, 1.165) is 42.9 Å². The number of anilines is 1. The average Bonchev–Trinajstić information content (AvgIpc) is 3.20. The number of nitrogens with one attached hydrogen (secondary N) is 2. The highest BCUT2D eigenvalue weighted by Gasteiger charge is 2.29. The highest BCUT2D eigenvalue weighted by atomic mass is 16.5. The highest BCUT2D eigenvalue weighted by Crippen LogP contribution is 2.30. The van der Waals surface area contributed by atoms with Crippen LogP contribution in [0.15, 0.2) is 47.1 Å². The van der Waals surface area contributed by atoms with Crippen molar-refractivity contribution in [3.8, 4) is 5.75 Å². The maximum Gasteiger partial charge on any atom is 0.227 e. The Kier molecular flexibility index (Phi) is 5.94. The maximum absolute atomic E-state index is 12.4. The lowest BCUT2D eigenvalue weighted by Crippen LogP contribution is -2.35. The van der Waals surface area contributed by atoms with Gasteiger partial charge >= 0.3 is 0 Å². The number of ether oxygens (including phenoxy) is 1. The van der Waals surface area contributed by atoms with Crippen molar-refractivity contribution in [1.29, 1.82) is 0 Å². The van der Waals surface area contributed by atoms with Gasteiger partial charge in [-0.15, -0.1) is 0 Å². The molecule has 2 amide bonds. The quantitative estimate of drug-likeness (QED) is 0.832. The third-order valence-electron chi connectivity index (χ3n) is 4.84. The summed E-state index contributed by atoms with van der Waals surface area (Å²) in [6, 6.07) is 10.9. The molecule has 0 saturated heterocycles. The zero-order valence-corrected chi connectivity index (χ0v) is 14.9. The second kappa shape index (κ2) is 8.56. The highest BCUT2D eigenvalue weighted by molar-refractivity contribution is 5.92. The van der Waals surface area contributed by atoms with Gasteiger partial charge in [-0.1, -0.05) is 0 Å². The molecule has 1 aliphatic rings. The van der Waals surface area contributed by atoms with E-state index >= 15 is 0 Å². The van der Waals surface area contributed by atoms with Gasteiger partial charge in [-0.25, -0.2) is 0 Å². The molecule has 0 bridgehead atoms. The van der Waals surface area contributed by atoms with Gasteiger partial charge in [0, 0.05) is 17.5 Å². The van der Waals surface area contributed by atoms with Crippen LogP contribution in [0.3, 0.4) is 0 Å². The lowest BCUT2D eigenvalue weighted by molar-refractivity contribution is -0.128. The normalized spacial score (nSPS) is 19.6. The third kappa shape index (κ3) is 4.65. The lowest BCUT2D eigenvalue weighted by atomic mass is 9.81. The number of methoxy groups -OCH3 is 1. The van der Waals surface area contributed by atoms with Crippen molar-refractivity contribution in [3.63, 3.8) is 0 Å². The van der Waals surface area contributed by atoms with Crippen molar-refractivity contribution >= 4 is 17.5 Å². The molecule has 0 spiro atoms. The van der Waals surface area contributed by atoms with E-state index in [1.807, 2.05) is 30.3 Å². The van der Waals surface area contributed by atoms with Gasteiger partial charge in [-0.2, -0.15) is 0 Å². The van der Waals surface area contributed by atoms with Crippen molar-refractivity contribution in [2.45, 2.75) is 32.2 Å². The van der Waals surface area contributed by atoms with Gasteiger partial charge in [0.05, 0.1) is 19.9 Å². The molecule has 3 rings (SSSR count). The Hall–Kier alpha value is -2.76. The first kappa shape index (κ1) is 18.0. The Morgan fingerprint density at radius 1 is 1.04 bits per heavy atom. The van der Waals surface area contributed by atoms with E-state index < -0.39 is 0 Å². The van der Waals surface area contributed by atoms with Crippen LogP contribution in [0.1, 0.15) is 31.4 Å². The van der Waals surface area contributed by atoms with E-state index in [2.05, 4.69) is 10.6 Å². The molecule has 0 radical (unpaired) electrons. The number of rotatable bonds is 6. The zero-order valence-electron chi connectivity index (χ0n) is 14.9. The first-order chi connectivity index (χ1) is 12.7. The van der Waals surface area contributed by atoms with Gasteiger partial charge in [0.15, 0.2) is 0 Å². The van der Waals surface area contributed by atoms with E-state index in [1.165, 1.54) is 0 Å². The molecule has 0 unspecified atom stereocenters. The molecule has 1 fully saturated rings. The summed E-state index contributed by atoms with van der Waals surface area (Å²) in [6.07, 6.45) is 4.49. The van der Waals surface area contributed by atoms with Crippen LogP contribution in [0.25, 0.3) is 0 Å². The summed E-state index contributed by atoms with van der Waals surface area (Å²) in [5.74, 6) is 1.47. The number of benzene rings is 1. The lowest BCUT2D eigenvalue weighted by Gasteiger charge is -2.27. The van der Waals surface area contributed by atoms with Crippen LogP contribution >= 0.6 is 0 Å². The van der Waals surface area contributed by atoms with Crippen LogP contribution in [-0.4, -0.2) is 18.9 Å². The molecular weight excluding hydrogens is 332 g/mol. The van der Waals surface area contributed by atoms with Gasteiger partial charge in [-0.05, 0) is 62.1 Å². The van der Waals surface area contributed by atoms with E-state index in [4.69, 9.17) is 9.15 Å². The van der Waals surface area contributed by atoms with Crippen LogP contribution in [0.5, 0.6) is 5.75 Å². The summed E-state index contributed by atoms with van der Waals surface area (Å²) in [6.45, 7) is 0.406. The first-order valence-corrected chi connectivity index (χ1v) is 8.90. The molecule has 138 valence electrons. The number of hydrogen-bond donors (Lipinski definition) is 2. The predicted molar refractivity (Wildman–Crippen MR) is 97.6 cm³/mol. The molecule has 6 heteroatoms. The Morgan fingerprint density at radius 3 is 2.27 bits per heavy atom. The molecule has 1 aromatic heterocycles. The molecule has 1 aliphatic carbocycles. The summed E-state index contributed by atoms with van der Waals surface area (Å²) in [5.41, 5.74) is 0.758. The van der Waals surface area contributed by atoms with E-state index in [-0.39, 0.29) is 23.7 Å². The molecule has 0 atom stereocenters. The number of carbonyl (C=O) groups excluding carboxylic acids is 2. The van der Waals surface area contributed by atoms with Crippen LogP contribution in [0.2, 0.25) is 0 Å². The molecule has 2 N–H and O–H groups in total. The summed E-state index contributed by atoms with van der Waals surface area (Å²) >= 11 is 0. The number of hydrogen-bond acceptors (Lipinski definition) is 4. The minimum Gasteiger partial charge on any atom is -0.497 e. The summed E-state index contributed by atoms with van der Waals surface area (Å²) in [7, 11) is 1.61. The molecule has 26 heavy (non-hydrogen) atoms. The Morgan fingerprint density at radius 2 is 1.69 bits per heavy atom. The molecule has 1 heterocycles. The van der Waals surface area contributed by atoms with Gasteiger partial charge < -0.3 is 19.8 Å². The minimum atomic E-state index is -0.0498. The maximum atomic E-state index is 12.4. The average molecular weight is 356 g/mol. The van der Waals surface area contributed by atoms with Crippen LogP contribution in [-0.2, 0) is 16.1 Å².